The molecule has 1 aliphatic rings. The van der Waals surface area contributed by atoms with Crippen LogP contribution in [0.3, 0.4) is 0 Å². The molecule has 3 heterocycles. The van der Waals surface area contributed by atoms with Crippen LogP contribution in [-0.2, 0) is 0 Å². The molecule has 0 atom stereocenters. The summed E-state index contributed by atoms with van der Waals surface area (Å²) in [6.07, 6.45) is 3.73. The molecule has 106 valence electrons. The van der Waals surface area contributed by atoms with Gasteiger partial charge in [-0.25, -0.2) is 9.97 Å². The van der Waals surface area contributed by atoms with Crippen molar-refractivity contribution >= 4 is 17.4 Å². The summed E-state index contributed by atoms with van der Waals surface area (Å²) in [4.78, 5) is 9.12. The summed E-state index contributed by atoms with van der Waals surface area (Å²) in [6, 6.07) is 7.86. The van der Waals surface area contributed by atoms with E-state index in [1.54, 1.807) is 18.0 Å². The Morgan fingerprint density at radius 1 is 1.24 bits per heavy atom. The van der Waals surface area contributed by atoms with Crippen molar-refractivity contribution in [1.82, 2.24) is 14.4 Å². The van der Waals surface area contributed by atoms with Gasteiger partial charge in [0.05, 0.1) is 5.69 Å². The summed E-state index contributed by atoms with van der Waals surface area (Å²) in [6.45, 7) is 2.39. The van der Waals surface area contributed by atoms with Crippen LogP contribution in [0.1, 0.15) is 6.92 Å². The average Bonchev–Trinajstić information content (AvgIpc) is 3.15. The van der Waals surface area contributed by atoms with Crippen molar-refractivity contribution in [2.75, 3.05) is 12.5 Å². The van der Waals surface area contributed by atoms with Crippen LogP contribution in [0.25, 0.3) is 16.9 Å². The van der Waals surface area contributed by atoms with Crippen molar-refractivity contribution < 1.29 is 9.47 Å². The lowest BCUT2D eigenvalue weighted by Gasteiger charge is -2.07. The molecule has 4 rings (SSSR count). The number of nitrogens with zero attached hydrogens (tertiary/aromatic N) is 3. The number of hydrogen-bond donors (Lipinski definition) is 0. The van der Waals surface area contributed by atoms with Gasteiger partial charge in [0, 0.05) is 24.0 Å². The zero-order valence-electron chi connectivity index (χ0n) is 11.4. The van der Waals surface area contributed by atoms with Gasteiger partial charge in [0.25, 0.3) is 0 Å². The number of hydrogen-bond acceptors (Lipinski definition) is 5. The Hall–Kier alpha value is -2.21. The zero-order chi connectivity index (χ0) is 14.2. The number of thioether (sulfide) groups is 1. The van der Waals surface area contributed by atoms with E-state index in [9.17, 15) is 0 Å². The first-order valence-corrected chi connectivity index (χ1v) is 7.70. The van der Waals surface area contributed by atoms with Crippen molar-refractivity contribution in [1.29, 1.82) is 0 Å². The lowest BCUT2D eigenvalue weighted by Crippen LogP contribution is -1.96. The molecule has 0 radical (unpaired) electrons. The SMILES string of the molecule is CCSc1nc(-c2ccc3c(c2)OCO3)cc2nccn12. The zero-order valence-corrected chi connectivity index (χ0v) is 12.3. The molecule has 0 bridgehead atoms. The minimum absolute atomic E-state index is 0.280. The highest BCUT2D eigenvalue weighted by atomic mass is 32.2. The van der Waals surface area contributed by atoms with Crippen molar-refractivity contribution in [3.05, 3.63) is 36.7 Å². The Kier molecular flexibility index (Phi) is 2.96. The molecule has 2 aromatic heterocycles. The van der Waals surface area contributed by atoms with Crippen LogP contribution < -0.4 is 9.47 Å². The molecule has 0 saturated carbocycles. The fraction of sp³-hybridized carbons (Fsp3) is 0.200. The molecule has 0 spiro atoms. The van der Waals surface area contributed by atoms with E-state index in [1.807, 2.05) is 34.9 Å². The van der Waals surface area contributed by atoms with E-state index in [1.165, 1.54) is 0 Å². The molecule has 6 heteroatoms. The van der Waals surface area contributed by atoms with E-state index in [4.69, 9.17) is 14.5 Å². The molecule has 1 aromatic carbocycles. The standard InChI is InChI=1S/C15H13N3O2S/c1-2-21-15-17-11(8-14-16-5-6-18(14)15)10-3-4-12-13(7-10)20-9-19-12/h3-8H,2,9H2,1H3. The van der Waals surface area contributed by atoms with Gasteiger partial charge in [0.15, 0.2) is 16.7 Å². The van der Waals surface area contributed by atoms with Gasteiger partial charge in [-0.3, -0.25) is 4.40 Å². The van der Waals surface area contributed by atoms with Crippen LogP contribution in [0.15, 0.2) is 41.8 Å². The van der Waals surface area contributed by atoms with Crippen molar-refractivity contribution in [3.8, 4) is 22.8 Å². The number of rotatable bonds is 3. The Bertz CT molecular complexity index is 816. The van der Waals surface area contributed by atoms with E-state index < -0.39 is 0 Å². The van der Waals surface area contributed by atoms with Crippen LogP contribution in [0.5, 0.6) is 11.5 Å². The first-order valence-electron chi connectivity index (χ1n) is 6.72. The van der Waals surface area contributed by atoms with Gasteiger partial charge in [-0.1, -0.05) is 18.7 Å². The topological polar surface area (TPSA) is 48.7 Å². The second-order valence-electron chi connectivity index (χ2n) is 4.58. The van der Waals surface area contributed by atoms with Gasteiger partial charge in [-0.05, 0) is 24.0 Å². The molecular weight excluding hydrogens is 286 g/mol. The quantitative estimate of drug-likeness (QED) is 0.549. The second kappa shape index (κ2) is 4.96. The fourth-order valence-corrected chi connectivity index (χ4v) is 3.04. The monoisotopic (exact) mass is 299 g/mol. The van der Waals surface area contributed by atoms with Crippen LogP contribution in [0.4, 0.5) is 0 Å². The van der Waals surface area contributed by atoms with E-state index in [-0.39, 0.29) is 6.79 Å². The van der Waals surface area contributed by atoms with E-state index >= 15 is 0 Å². The number of fused-ring (bicyclic) bond motifs is 2. The largest absolute Gasteiger partial charge is 0.454 e. The third-order valence-corrected chi connectivity index (χ3v) is 4.13. The van der Waals surface area contributed by atoms with E-state index in [0.717, 1.165) is 39.3 Å². The fourth-order valence-electron chi connectivity index (χ4n) is 2.33. The highest BCUT2D eigenvalue weighted by molar-refractivity contribution is 7.99. The normalized spacial score (nSPS) is 13.0. The van der Waals surface area contributed by atoms with Gasteiger partial charge in [-0.15, -0.1) is 0 Å². The minimum Gasteiger partial charge on any atom is -0.454 e. The molecule has 5 nitrogen and oxygen atoms in total. The second-order valence-corrected chi connectivity index (χ2v) is 5.81. The molecule has 3 aromatic rings. The Balaban J connectivity index is 1.85. The maximum atomic E-state index is 5.43. The lowest BCUT2D eigenvalue weighted by atomic mass is 10.1. The van der Waals surface area contributed by atoms with Gasteiger partial charge in [0.2, 0.25) is 6.79 Å². The smallest absolute Gasteiger partial charge is 0.231 e. The van der Waals surface area contributed by atoms with Crippen molar-refractivity contribution in [2.24, 2.45) is 0 Å². The third kappa shape index (κ3) is 2.12. The molecule has 0 amide bonds. The van der Waals surface area contributed by atoms with Gasteiger partial charge < -0.3 is 9.47 Å². The maximum absolute atomic E-state index is 5.43. The minimum atomic E-state index is 0.280. The molecule has 0 unspecified atom stereocenters. The number of aromatic nitrogens is 3. The van der Waals surface area contributed by atoms with Crippen molar-refractivity contribution in [2.45, 2.75) is 12.1 Å². The van der Waals surface area contributed by atoms with Crippen LogP contribution in [-0.4, -0.2) is 26.9 Å². The lowest BCUT2D eigenvalue weighted by molar-refractivity contribution is 0.174. The van der Waals surface area contributed by atoms with Gasteiger partial charge >= 0.3 is 0 Å². The Labute approximate surface area is 125 Å². The Morgan fingerprint density at radius 2 is 2.14 bits per heavy atom. The van der Waals surface area contributed by atoms with Crippen LogP contribution in [0.2, 0.25) is 0 Å². The summed E-state index contributed by atoms with van der Waals surface area (Å²) in [7, 11) is 0. The summed E-state index contributed by atoms with van der Waals surface area (Å²) in [5.41, 5.74) is 2.79. The number of ether oxygens (including phenoxy) is 2. The molecule has 0 N–H and O–H groups in total. The van der Waals surface area contributed by atoms with Gasteiger partial charge in [0.1, 0.15) is 5.65 Å². The number of benzene rings is 1. The molecule has 21 heavy (non-hydrogen) atoms. The summed E-state index contributed by atoms with van der Waals surface area (Å²) >= 11 is 1.70. The highest BCUT2D eigenvalue weighted by Crippen LogP contribution is 2.36. The predicted octanol–water partition coefficient (Wildman–Crippen LogP) is 3.24. The van der Waals surface area contributed by atoms with Gasteiger partial charge in [-0.2, -0.15) is 0 Å². The predicted molar refractivity (Wildman–Crippen MR) is 80.9 cm³/mol. The van der Waals surface area contributed by atoms with Crippen LogP contribution >= 0.6 is 11.8 Å². The maximum Gasteiger partial charge on any atom is 0.231 e. The number of imidazole rings is 1. The van der Waals surface area contributed by atoms with E-state index in [2.05, 4.69) is 11.9 Å². The average molecular weight is 299 g/mol. The molecule has 0 saturated heterocycles. The molecule has 0 fully saturated rings. The van der Waals surface area contributed by atoms with Crippen molar-refractivity contribution in [3.63, 3.8) is 0 Å². The first kappa shape index (κ1) is 12.5. The molecular formula is C15H13N3O2S. The Morgan fingerprint density at radius 3 is 3.05 bits per heavy atom. The van der Waals surface area contributed by atoms with Crippen LogP contribution in [0, 0.1) is 0 Å². The highest BCUT2D eigenvalue weighted by Gasteiger charge is 2.15. The summed E-state index contributed by atoms with van der Waals surface area (Å²) in [5.74, 6) is 2.51. The first-order chi connectivity index (χ1) is 10.3. The summed E-state index contributed by atoms with van der Waals surface area (Å²) < 4.78 is 12.8. The third-order valence-electron chi connectivity index (χ3n) is 3.30. The van der Waals surface area contributed by atoms with E-state index in [0.29, 0.717) is 0 Å². The molecule has 0 aliphatic carbocycles. The summed E-state index contributed by atoms with van der Waals surface area (Å²) in [5, 5.41) is 0.945. The molecule has 1 aliphatic heterocycles.